The number of likely N-dealkylation sites (tertiary alicyclic amines) is 1. The second kappa shape index (κ2) is 6.15. The van der Waals surface area contributed by atoms with E-state index in [9.17, 15) is 26.4 Å². The fraction of sp³-hybridized carbons (Fsp3) is 0.600. The Morgan fingerprint density at radius 3 is 2.48 bits per heavy atom. The van der Waals surface area contributed by atoms with Gasteiger partial charge < -0.3 is 9.64 Å². The van der Waals surface area contributed by atoms with E-state index in [-0.39, 0.29) is 35.2 Å². The number of nitrogens with zero attached hydrogens (tertiary/aromatic N) is 2. The Hall–Kier alpha value is -1.84. The zero-order valence-corrected chi connectivity index (χ0v) is 14.1. The van der Waals surface area contributed by atoms with Gasteiger partial charge >= 0.3 is 6.18 Å². The van der Waals surface area contributed by atoms with Crippen molar-refractivity contribution in [3.05, 3.63) is 24.0 Å². The van der Waals surface area contributed by atoms with Crippen molar-refractivity contribution in [1.29, 1.82) is 0 Å². The molecule has 3 rings (SSSR count). The fourth-order valence-corrected chi connectivity index (χ4v) is 5.66. The highest BCUT2D eigenvalue weighted by atomic mass is 32.2. The molecule has 2 saturated heterocycles. The number of ether oxygens (including phenoxy) is 1. The van der Waals surface area contributed by atoms with E-state index in [0.29, 0.717) is 25.9 Å². The van der Waals surface area contributed by atoms with Gasteiger partial charge in [0.05, 0.1) is 11.5 Å². The van der Waals surface area contributed by atoms with Crippen molar-refractivity contribution >= 4 is 15.7 Å². The highest BCUT2D eigenvalue weighted by molar-refractivity contribution is 7.92. The first-order valence-electron chi connectivity index (χ1n) is 7.73. The minimum Gasteiger partial charge on any atom is -0.484 e. The summed E-state index contributed by atoms with van der Waals surface area (Å²) in [5, 5.41) is 0. The zero-order valence-electron chi connectivity index (χ0n) is 13.3. The molecule has 25 heavy (non-hydrogen) atoms. The molecule has 0 radical (unpaired) electrons. The average Bonchev–Trinajstić information content (AvgIpc) is 2.51. The predicted molar refractivity (Wildman–Crippen MR) is 81.6 cm³/mol. The van der Waals surface area contributed by atoms with Crippen molar-refractivity contribution in [2.75, 3.05) is 31.2 Å². The topological polar surface area (TPSA) is 76.6 Å². The third-order valence-corrected chi connectivity index (χ3v) is 6.72. The zero-order chi connectivity index (χ0) is 18.3. The molecule has 0 unspecified atom stereocenters. The quantitative estimate of drug-likeness (QED) is 0.797. The molecule has 0 aromatic carbocycles. The minimum absolute atomic E-state index is 0.0748. The first-order valence-corrected chi connectivity index (χ1v) is 9.55. The number of amides is 1. The molecule has 1 spiro atoms. The summed E-state index contributed by atoms with van der Waals surface area (Å²) in [7, 11) is -2.92. The molecule has 0 aliphatic carbocycles. The molecule has 2 aliphatic heterocycles. The maximum Gasteiger partial charge on any atom is 0.433 e. The van der Waals surface area contributed by atoms with Crippen molar-refractivity contribution in [3.63, 3.8) is 0 Å². The van der Waals surface area contributed by atoms with Crippen molar-refractivity contribution in [3.8, 4) is 5.75 Å². The van der Waals surface area contributed by atoms with Crippen LogP contribution in [0.1, 0.15) is 18.5 Å². The molecule has 138 valence electrons. The number of aromatic nitrogens is 1. The first-order chi connectivity index (χ1) is 11.6. The highest BCUT2D eigenvalue weighted by Crippen LogP contribution is 2.42. The molecule has 0 bridgehead atoms. The molecule has 1 aromatic rings. The van der Waals surface area contributed by atoms with E-state index in [0.717, 1.165) is 12.3 Å². The number of carbonyl (C=O) groups excluding carboxylic acids is 1. The van der Waals surface area contributed by atoms with Gasteiger partial charge in [-0.25, -0.2) is 8.42 Å². The Labute approximate surface area is 142 Å². The Morgan fingerprint density at radius 1 is 1.28 bits per heavy atom. The van der Waals surface area contributed by atoms with Crippen LogP contribution in [0.5, 0.6) is 5.75 Å². The van der Waals surface area contributed by atoms with Gasteiger partial charge in [-0.1, -0.05) is 0 Å². The summed E-state index contributed by atoms with van der Waals surface area (Å²) >= 11 is 0. The third kappa shape index (κ3) is 4.05. The normalized spacial score (nSPS) is 21.6. The molecular formula is C15H17F3N2O4S. The third-order valence-electron chi connectivity index (χ3n) is 4.61. The summed E-state index contributed by atoms with van der Waals surface area (Å²) in [6, 6.07) is 2.00. The van der Waals surface area contributed by atoms with Crippen LogP contribution in [0.15, 0.2) is 18.3 Å². The number of sulfone groups is 1. The number of hydrogen-bond donors (Lipinski definition) is 0. The Kier molecular flexibility index (Phi) is 4.42. The smallest absolute Gasteiger partial charge is 0.433 e. The van der Waals surface area contributed by atoms with Crippen LogP contribution in [0.25, 0.3) is 0 Å². The average molecular weight is 378 g/mol. The molecule has 6 nitrogen and oxygen atoms in total. The second-order valence-electron chi connectivity index (χ2n) is 6.58. The van der Waals surface area contributed by atoms with Crippen LogP contribution in [-0.2, 0) is 20.8 Å². The number of piperidine rings is 1. The van der Waals surface area contributed by atoms with E-state index in [4.69, 9.17) is 4.74 Å². The summed E-state index contributed by atoms with van der Waals surface area (Å²) in [5.74, 6) is -0.0532. The Morgan fingerprint density at radius 2 is 1.92 bits per heavy atom. The molecule has 0 saturated carbocycles. The number of hydrogen-bond acceptors (Lipinski definition) is 5. The molecule has 1 aromatic heterocycles. The van der Waals surface area contributed by atoms with Gasteiger partial charge in [-0.2, -0.15) is 13.2 Å². The number of halogens is 3. The molecule has 1 amide bonds. The van der Waals surface area contributed by atoms with Gasteiger partial charge in [-0.15, -0.1) is 0 Å². The van der Waals surface area contributed by atoms with Crippen LogP contribution in [0, 0.1) is 5.41 Å². The van der Waals surface area contributed by atoms with Crippen LogP contribution in [0.2, 0.25) is 0 Å². The van der Waals surface area contributed by atoms with E-state index in [1.807, 2.05) is 0 Å². The SMILES string of the molecule is O=C(COc1ccnc(C(F)(F)F)c1)N1CCC2(CC1)CS(=O)(=O)C2. The van der Waals surface area contributed by atoms with Gasteiger partial charge in [0, 0.05) is 30.8 Å². The van der Waals surface area contributed by atoms with Gasteiger partial charge in [0.2, 0.25) is 0 Å². The Balaban J connectivity index is 1.51. The second-order valence-corrected chi connectivity index (χ2v) is 8.64. The van der Waals surface area contributed by atoms with Gasteiger partial charge in [0.1, 0.15) is 11.4 Å². The fourth-order valence-electron chi connectivity index (χ4n) is 3.30. The van der Waals surface area contributed by atoms with Gasteiger partial charge in [-0.3, -0.25) is 9.78 Å². The summed E-state index contributed by atoms with van der Waals surface area (Å²) in [6.45, 7) is 0.496. The number of alkyl halides is 3. The highest BCUT2D eigenvalue weighted by Gasteiger charge is 2.49. The van der Waals surface area contributed by atoms with Gasteiger partial charge in [-0.05, 0) is 18.9 Å². The molecular weight excluding hydrogens is 361 g/mol. The van der Waals surface area contributed by atoms with Crippen LogP contribution >= 0.6 is 0 Å². The van der Waals surface area contributed by atoms with Crippen LogP contribution < -0.4 is 4.74 Å². The van der Waals surface area contributed by atoms with Crippen LogP contribution in [0.4, 0.5) is 13.2 Å². The summed E-state index contributed by atoms with van der Waals surface area (Å²) in [5.41, 5.74) is -1.29. The number of rotatable bonds is 3. The van der Waals surface area contributed by atoms with Crippen molar-refractivity contribution < 1.29 is 31.1 Å². The predicted octanol–water partition coefficient (Wildman–Crippen LogP) is 1.52. The lowest BCUT2D eigenvalue weighted by atomic mass is 9.81. The molecule has 0 N–H and O–H groups in total. The first kappa shape index (κ1) is 18.0. The van der Waals surface area contributed by atoms with Crippen molar-refractivity contribution in [1.82, 2.24) is 9.88 Å². The molecule has 2 fully saturated rings. The van der Waals surface area contributed by atoms with E-state index >= 15 is 0 Å². The largest absolute Gasteiger partial charge is 0.484 e. The van der Waals surface area contributed by atoms with E-state index in [2.05, 4.69) is 4.98 Å². The van der Waals surface area contributed by atoms with Crippen LogP contribution in [-0.4, -0.2) is 55.4 Å². The van der Waals surface area contributed by atoms with Gasteiger partial charge in [0.15, 0.2) is 16.4 Å². The maximum absolute atomic E-state index is 12.6. The monoisotopic (exact) mass is 378 g/mol. The molecule has 3 heterocycles. The summed E-state index contributed by atoms with van der Waals surface area (Å²) < 4.78 is 65.6. The maximum atomic E-state index is 12.6. The van der Waals surface area contributed by atoms with Gasteiger partial charge in [0.25, 0.3) is 5.91 Å². The van der Waals surface area contributed by atoms with E-state index < -0.39 is 21.7 Å². The lowest BCUT2D eigenvalue weighted by Crippen LogP contribution is -2.55. The molecule has 2 aliphatic rings. The van der Waals surface area contributed by atoms with Crippen molar-refractivity contribution in [2.45, 2.75) is 19.0 Å². The molecule has 10 heteroatoms. The summed E-state index contributed by atoms with van der Waals surface area (Å²) in [6.07, 6.45) is -2.37. The molecule has 0 atom stereocenters. The minimum atomic E-state index is -4.58. The lowest BCUT2D eigenvalue weighted by Gasteiger charge is -2.46. The number of pyridine rings is 1. The standard InChI is InChI=1S/C15H17F3N2O4S/c16-15(17,18)12-7-11(1-4-19-12)24-8-13(21)20-5-2-14(3-6-20)9-25(22,23)10-14/h1,4,7H,2-3,5-6,8-10H2. The number of carbonyl (C=O) groups is 1. The van der Waals surface area contributed by atoms with Crippen LogP contribution in [0.3, 0.4) is 0 Å². The van der Waals surface area contributed by atoms with Crippen molar-refractivity contribution in [2.24, 2.45) is 5.41 Å². The lowest BCUT2D eigenvalue weighted by molar-refractivity contribution is -0.141. The Bertz CT molecular complexity index is 757. The van der Waals surface area contributed by atoms with E-state index in [1.165, 1.54) is 6.07 Å². The summed E-state index contributed by atoms with van der Waals surface area (Å²) in [4.78, 5) is 16.9. The van der Waals surface area contributed by atoms with E-state index in [1.54, 1.807) is 4.90 Å².